The van der Waals surface area contributed by atoms with E-state index >= 15 is 0 Å². The minimum absolute atomic E-state index is 0.0136. The van der Waals surface area contributed by atoms with Gasteiger partial charge in [0.05, 0.1) is 17.0 Å². The zero-order valence-electron chi connectivity index (χ0n) is 17.2. The largest absolute Gasteiger partial charge is 0.337 e. The van der Waals surface area contributed by atoms with Gasteiger partial charge < -0.3 is 9.80 Å². The molecule has 8 heteroatoms. The summed E-state index contributed by atoms with van der Waals surface area (Å²) in [5.41, 5.74) is 3.30. The molecule has 0 saturated carbocycles. The molecule has 2 aromatic heterocycles. The number of likely N-dealkylation sites (tertiary alicyclic amines) is 3. The second-order valence-electron chi connectivity index (χ2n) is 8.62. The van der Waals surface area contributed by atoms with Gasteiger partial charge in [-0.2, -0.15) is 0 Å². The second kappa shape index (κ2) is 7.74. The topological polar surface area (TPSA) is 69.6 Å². The molecule has 0 aromatic carbocycles. The van der Waals surface area contributed by atoms with Crippen molar-refractivity contribution in [3.8, 4) is 0 Å². The Labute approximate surface area is 180 Å². The van der Waals surface area contributed by atoms with Gasteiger partial charge in [0.15, 0.2) is 0 Å². The van der Waals surface area contributed by atoms with E-state index in [1.807, 2.05) is 22.5 Å². The minimum Gasteiger partial charge on any atom is -0.337 e. The number of piperidine rings is 1. The Bertz CT molecular complexity index is 911. The molecule has 3 fully saturated rings. The van der Waals surface area contributed by atoms with Crippen LogP contribution in [0.5, 0.6) is 0 Å². The van der Waals surface area contributed by atoms with Crippen LogP contribution in [0.1, 0.15) is 35.8 Å². The van der Waals surface area contributed by atoms with Gasteiger partial charge in [-0.25, -0.2) is 4.98 Å². The number of amides is 2. The molecule has 0 N–H and O–H groups in total. The van der Waals surface area contributed by atoms with Gasteiger partial charge in [0, 0.05) is 63.0 Å². The first-order chi connectivity index (χ1) is 14.6. The molecule has 3 saturated heterocycles. The maximum atomic E-state index is 13.3. The number of aromatic nitrogens is 2. The van der Waals surface area contributed by atoms with Crippen molar-refractivity contribution in [1.29, 1.82) is 0 Å². The van der Waals surface area contributed by atoms with Gasteiger partial charge in [0.1, 0.15) is 5.69 Å². The first kappa shape index (κ1) is 19.6. The summed E-state index contributed by atoms with van der Waals surface area (Å²) >= 11 is 1.45. The van der Waals surface area contributed by atoms with Gasteiger partial charge in [-0.15, -0.1) is 11.3 Å². The van der Waals surface area contributed by atoms with Gasteiger partial charge in [0.25, 0.3) is 5.91 Å². The highest BCUT2D eigenvalue weighted by molar-refractivity contribution is 7.07. The standard InChI is InChI=1S/C22H27N5O2S/c1-2-27-20(28)17-12-25(11-16-4-3-7-23-10-16)13-18(17)22(27)5-8-26(9-6-22)21(29)19-14-30-15-24-19/h3-4,7,10,14-15,17-18H,2,5-6,8-9,11-13H2,1H3/t17-,18+/m0/s1. The molecule has 5 heterocycles. The predicted molar refractivity (Wildman–Crippen MR) is 114 cm³/mol. The first-order valence-corrected chi connectivity index (χ1v) is 11.7. The fourth-order valence-corrected chi connectivity index (χ4v) is 6.39. The Morgan fingerprint density at radius 3 is 2.80 bits per heavy atom. The Hall–Kier alpha value is -2.32. The lowest BCUT2D eigenvalue weighted by atomic mass is 9.75. The van der Waals surface area contributed by atoms with E-state index in [9.17, 15) is 9.59 Å². The molecule has 5 rings (SSSR count). The predicted octanol–water partition coefficient (Wildman–Crippen LogP) is 2.12. The van der Waals surface area contributed by atoms with Crippen LogP contribution < -0.4 is 0 Å². The van der Waals surface area contributed by atoms with E-state index in [0.29, 0.717) is 30.6 Å². The minimum atomic E-state index is -0.126. The van der Waals surface area contributed by atoms with Crippen LogP contribution in [-0.2, 0) is 11.3 Å². The number of hydrogen-bond donors (Lipinski definition) is 0. The third kappa shape index (κ3) is 3.13. The lowest BCUT2D eigenvalue weighted by Gasteiger charge is -2.47. The highest BCUT2D eigenvalue weighted by Gasteiger charge is 2.61. The number of rotatable bonds is 4. The molecule has 3 aliphatic rings. The Kier molecular flexibility index (Phi) is 5.06. The van der Waals surface area contributed by atoms with Crippen LogP contribution in [0.15, 0.2) is 35.4 Å². The third-order valence-corrected chi connectivity index (χ3v) is 7.81. The van der Waals surface area contributed by atoms with E-state index in [4.69, 9.17) is 0 Å². The van der Waals surface area contributed by atoms with Crippen molar-refractivity contribution in [3.63, 3.8) is 0 Å². The zero-order valence-corrected chi connectivity index (χ0v) is 18.1. The summed E-state index contributed by atoms with van der Waals surface area (Å²) in [5.74, 6) is 0.718. The van der Waals surface area contributed by atoms with E-state index in [1.165, 1.54) is 16.9 Å². The number of fused-ring (bicyclic) bond motifs is 2. The fraction of sp³-hybridized carbons (Fsp3) is 0.545. The van der Waals surface area contributed by atoms with Crippen LogP contribution in [0.4, 0.5) is 0 Å². The summed E-state index contributed by atoms with van der Waals surface area (Å²) in [6.07, 6.45) is 5.40. The number of thiazole rings is 1. The van der Waals surface area contributed by atoms with E-state index in [-0.39, 0.29) is 17.4 Å². The molecule has 7 nitrogen and oxygen atoms in total. The van der Waals surface area contributed by atoms with Crippen molar-refractivity contribution in [2.75, 3.05) is 32.7 Å². The van der Waals surface area contributed by atoms with Gasteiger partial charge >= 0.3 is 0 Å². The molecule has 2 aromatic rings. The summed E-state index contributed by atoms with van der Waals surface area (Å²) in [6, 6.07) is 4.06. The lowest BCUT2D eigenvalue weighted by Crippen LogP contribution is -2.57. The summed E-state index contributed by atoms with van der Waals surface area (Å²) in [5, 5.41) is 1.81. The van der Waals surface area contributed by atoms with E-state index < -0.39 is 0 Å². The fourth-order valence-electron chi connectivity index (χ4n) is 5.87. The SMILES string of the molecule is CCN1C(=O)[C@H]2CN(Cc3cccnc3)C[C@H]2C12CCN(C(=O)c1cscn1)CC2. The van der Waals surface area contributed by atoms with Crippen molar-refractivity contribution in [2.24, 2.45) is 11.8 Å². The second-order valence-corrected chi connectivity index (χ2v) is 9.34. The zero-order chi connectivity index (χ0) is 20.7. The van der Waals surface area contributed by atoms with Crippen LogP contribution in [0.3, 0.4) is 0 Å². The Morgan fingerprint density at radius 2 is 2.13 bits per heavy atom. The van der Waals surface area contributed by atoms with E-state index in [2.05, 4.69) is 32.8 Å². The van der Waals surface area contributed by atoms with Crippen LogP contribution in [-0.4, -0.2) is 74.7 Å². The third-order valence-electron chi connectivity index (χ3n) is 7.22. The Morgan fingerprint density at radius 1 is 1.30 bits per heavy atom. The molecule has 2 atom stereocenters. The average molecular weight is 426 g/mol. The number of nitrogens with zero attached hydrogens (tertiary/aromatic N) is 5. The first-order valence-electron chi connectivity index (χ1n) is 10.7. The lowest BCUT2D eigenvalue weighted by molar-refractivity contribution is -0.135. The highest BCUT2D eigenvalue weighted by atomic mass is 32.1. The van der Waals surface area contributed by atoms with Crippen LogP contribution in [0, 0.1) is 11.8 Å². The van der Waals surface area contributed by atoms with Crippen molar-refractivity contribution < 1.29 is 9.59 Å². The molecule has 0 unspecified atom stereocenters. The molecule has 1 spiro atoms. The van der Waals surface area contributed by atoms with Crippen LogP contribution in [0.25, 0.3) is 0 Å². The van der Waals surface area contributed by atoms with Crippen molar-refractivity contribution >= 4 is 23.2 Å². The average Bonchev–Trinajstić information content (AvgIpc) is 3.48. The van der Waals surface area contributed by atoms with Crippen molar-refractivity contribution in [1.82, 2.24) is 24.7 Å². The Balaban J connectivity index is 1.32. The summed E-state index contributed by atoms with van der Waals surface area (Å²) in [4.78, 5) is 40.9. The molecule has 30 heavy (non-hydrogen) atoms. The summed E-state index contributed by atoms with van der Waals surface area (Å²) in [7, 11) is 0. The van der Waals surface area contributed by atoms with Gasteiger partial charge in [0.2, 0.25) is 5.91 Å². The smallest absolute Gasteiger partial charge is 0.273 e. The van der Waals surface area contributed by atoms with Crippen molar-refractivity contribution in [2.45, 2.75) is 31.8 Å². The molecule has 0 bridgehead atoms. The molecule has 2 amide bonds. The molecule has 0 radical (unpaired) electrons. The maximum Gasteiger partial charge on any atom is 0.273 e. The quantitative estimate of drug-likeness (QED) is 0.751. The van der Waals surface area contributed by atoms with Crippen LogP contribution in [0.2, 0.25) is 0 Å². The number of carbonyl (C=O) groups excluding carboxylic acids is 2. The maximum absolute atomic E-state index is 13.3. The highest BCUT2D eigenvalue weighted by Crippen LogP contribution is 2.49. The molecule has 158 valence electrons. The molecular formula is C22H27N5O2S. The van der Waals surface area contributed by atoms with Crippen molar-refractivity contribution in [3.05, 3.63) is 46.7 Å². The number of pyridine rings is 1. The molecule has 0 aliphatic carbocycles. The monoisotopic (exact) mass is 425 g/mol. The molecule has 3 aliphatic heterocycles. The van der Waals surface area contributed by atoms with E-state index in [0.717, 1.165) is 39.0 Å². The normalized spacial score (nSPS) is 25.8. The van der Waals surface area contributed by atoms with E-state index in [1.54, 1.807) is 11.7 Å². The van der Waals surface area contributed by atoms with Gasteiger partial charge in [-0.3, -0.25) is 19.5 Å². The molecular weight excluding hydrogens is 398 g/mol. The van der Waals surface area contributed by atoms with Gasteiger partial charge in [-0.05, 0) is 31.4 Å². The van der Waals surface area contributed by atoms with Crippen LogP contribution >= 0.6 is 11.3 Å². The summed E-state index contributed by atoms with van der Waals surface area (Å²) in [6.45, 7) is 6.79. The van der Waals surface area contributed by atoms with Gasteiger partial charge in [-0.1, -0.05) is 6.07 Å². The summed E-state index contributed by atoms with van der Waals surface area (Å²) < 4.78 is 0. The number of carbonyl (C=O) groups is 2. The number of hydrogen-bond acceptors (Lipinski definition) is 6.